The molecule has 210 valence electrons. The van der Waals surface area contributed by atoms with E-state index < -0.39 is 45.5 Å². The second-order valence-electron chi connectivity index (χ2n) is 9.68. The van der Waals surface area contributed by atoms with Gasteiger partial charge in [-0.25, -0.2) is 4.39 Å². The third kappa shape index (κ3) is 5.34. The highest BCUT2D eigenvalue weighted by atomic mass is 35.5. The highest BCUT2D eigenvalue weighted by Gasteiger charge is 2.62. The largest absolute Gasteiger partial charge is 0.435 e. The van der Waals surface area contributed by atoms with E-state index in [9.17, 15) is 22.4 Å². The first-order chi connectivity index (χ1) is 19.1. The van der Waals surface area contributed by atoms with E-state index in [4.69, 9.17) is 32.9 Å². The van der Waals surface area contributed by atoms with E-state index in [1.54, 1.807) is 24.3 Å². The van der Waals surface area contributed by atoms with E-state index in [2.05, 4.69) is 15.6 Å². The highest BCUT2D eigenvalue weighted by molar-refractivity contribution is 6.35. The number of alkyl halides is 3. The summed E-state index contributed by atoms with van der Waals surface area (Å²) in [6, 6.07) is 11.5. The molecule has 0 spiro atoms. The number of benzene rings is 3. The zero-order valence-electron chi connectivity index (χ0n) is 20.9. The maximum Gasteiger partial charge on any atom is 0.435 e. The fraction of sp³-hybridized carbons (Fsp3) is 0.321. The van der Waals surface area contributed by atoms with Crippen molar-refractivity contribution in [1.29, 1.82) is 0 Å². The van der Waals surface area contributed by atoms with Crippen LogP contribution in [0.2, 0.25) is 10.0 Å². The molecule has 1 saturated carbocycles. The third-order valence-corrected chi connectivity index (χ3v) is 7.70. The number of rotatable bonds is 8. The molecule has 1 aliphatic carbocycles. The highest BCUT2D eigenvalue weighted by Crippen LogP contribution is 2.50. The lowest BCUT2D eigenvalue weighted by Gasteiger charge is -2.29. The van der Waals surface area contributed by atoms with Gasteiger partial charge in [0.15, 0.2) is 5.82 Å². The number of amides is 1. The molecule has 1 aliphatic heterocycles. The van der Waals surface area contributed by atoms with Gasteiger partial charge >= 0.3 is 6.18 Å². The minimum atomic E-state index is -4.94. The maximum absolute atomic E-state index is 14.4. The van der Waals surface area contributed by atoms with Gasteiger partial charge in [-0.1, -0.05) is 70.3 Å². The summed E-state index contributed by atoms with van der Waals surface area (Å²) in [5.74, 6) is -0.881. The second kappa shape index (κ2) is 11.2. The van der Waals surface area contributed by atoms with Gasteiger partial charge in [0, 0.05) is 23.1 Å². The molecule has 0 bridgehead atoms. The molecule has 6 nitrogen and oxygen atoms in total. The van der Waals surface area contributed by atoms with Crippen LogP contribution in [0.3, 0.4) is 0 Å². The molecule has 40 heavy (non-hydrogen) atoms. The van der Waals surface area contributed by atoms with Gasteiger partial charge < -0.3 is 15.0 Å². The summed E-state index contributed by atoms with van der Waals surface area (Å²) >= 11 is 11.6. The molecule has 1 fully saturated rings. The summed E-state index contributed by atoms with van der Waals surface area (Å²) in [7, 11) is 0. The second-order valence-corrected chi connectivity index (χ2v) is 10.5. The van der Waals surface area contributed by atoms with Crippen LogP contribution in [-0.4, -0.2) is 37.2 Å². The van der Waals surface area contributed by atoms with E-state index in [-0.39, 0.29) is 12.3 Å². The van der Waals surface area contributed by atoms with Crippen molar-refractivity contribution >= 4 is 51.8 Å². The van der Waals surface area contributed by atoms with Crippen LogP contribution in [-0.2, 0) is 15.3 Å². The Bertz CT molecular complexity index is 1480. The predicted octanol–water partition coefficient (Wildman–Crippen LogP) is 7.40. The number of nitrogens with one attached hydrogen (secondary N) is 1. The number of halogens is 6. The Morgan fingerprint density at radius 3 is 2.50 bits per heavy atom. The van der Waals surface area contributed by atoms with Crippen LogP contribution in [0.1, 0.15) is 47.2 Å². The van der Waals surface area contributed by atoms with Crippen molar-refractivity contribution in [2.75, 3.05) is 13.2 Å². The number of hydrogen-bond acceptors (Lipinski definition) is 5. The summed E-state index contributed by atoms with van der Waals surface area (Å²) in [6.07, 6.45) is -0.715. The third-order valence-electron chi connectivity index (χ3n) is 7.15. The van der Waals surface area contributed by atoms with Crippen LogP contribution in [0.15, 0.2) is 58.8 Å². The summed E-state index contributed by atoms with van der Waals surface area (Å²) in [6.45, 7) is 0.692. The molecule has 2 aliphatic rings. The van der Waals surface area contributed by atoms with E-state index in [1.165, 1.54) is 24.8 Å². The zero-order valence-corrected chi connectivity index (χ0v) is 22.4. The summed E-state index contributed by atoms with van der Waals surface area (Å²) in [5.41, 5.74) is -2.74. The average Bonchev–Trinajstić information content (AvgIpc) is 3.36. The molecule has 1 amide bonds. The van der Waals surface area contributed by atoms with Gasteiger partial charge in [0.25, 0.3) is 11.5 Å². The van der Waals surface area contributed by atoms with Crippen molar-refractivity contribution in [2.45, 2.75) is 37.5 Å². The van der Waals surface area contributed by atoms with E-state index in [1.807, 2.05) is 0 Å². The fourth-order valence-corrected chi connectivity index (χ4v) is 5.20. The van der Waals surface area contributed by atoms with Gasteiger partial charge in [-0.05, 0) is 47.7 Å². The van der Waals surface area contributed by atoms with Crippen molar-refractivity contribution in [1.82, 2.24) is 5.32 Å². The quantitative estimate of drug-likeness (QED) is 0.128. The van der Waals surface area contributed by atoms with Crippen molar-refractivity contribution in [3.8, 4) is 0 Å². The maximum atomic E-state index is 14.4. The van der Waals surface area contributed by atoms with Crippen LogP contribution in [0.25, 0.3) is 10.8 Å². The van der Waals surface area contributed by atoms with Crippen LogP contribution in [0.4, 0.5) is 17.6 Å². The van der Waals surface area contributed by atoms with Crippen LogP contribution < -0.4 is 5.32 Å². The normalized spacial score (nSPS) is 19.4. The number of nitrogens with zero attached hydrogens (tertiary/aromatic N) is 2. The Kier molecular flexibility index (Phi) is 7.92. The lowest BCUT2D eigenvalue weighted by atomic mass is 9.85. The molecule has 12 heteroatoms. The van der Waals surface area contributed by atoms with Gasteiger partial charge in [-0.2, -0.15) is 13.2 Å². The Morgan fingerprint density at radius 1 is 1.15 bits per heavy atom. The average molecular weight is 596 g/mol. The van der Waals surface area contributed by atoms with Crippen molar-refractivity contribution in [3.05, 3.63) is 81.1 Å². The SMILES string of the molecule is O=C(NC/C=N\OCC1CCC1)c1ccc(C2=NOC(c3cc(Cl)c(F)c(Cl)c3)(C(F)(F)F)C2)c2ccccc12. The molecular formula is C28H23Cl2F4N3O3. The van der Waals surface area contributed by atoms with E-state index in [0.29, 0.717) is 34.4 Å². The Morgan fingerprint density at radius 2 is 1.85 bits per heavy atom. The monoisotopic (exact) mass is 595 g/mol. The minimum absolute atomic E-state index is 0.00667. The van der Waals surface area contributed by atoms with Crippen LogP contribution >= 0.6 is 23.2 Å². The minimum Gasteiger partial charge on any atom is -0.396 e. The molecule has 1 unspecified atom stereocenters. The van der Waals surface area contributed by atoms with Gasteiger partial charge in [-0.3, -0.25) is 4.79 Å². The van der Waals surface area contributed by atoms with Crippen LogP contribution in [0.5, 0.6) is 0 Å². The number of hydrogen-bond donors (Lipinski definition) is 1. The van der Waals surface area contributed by atoms with E-state index in [0.717, 1.165) is 25.0 Å². The van der Waals surface area contributed by atoms with Crippen molar-refractivity contribution in [2.24, 2.45) is 16.2 Å². The number of oxime groups is 2. The Labute approximate surface area is 236 Å². The standard InChI is InChI=1S/C28H23Cl2F4N3O3/c29-22-12-17(13-23(30)25(22)31)27(28(32,33)34)14-24(37-40-27)20-8-9-21(19-7-2-1-6-18(19)20)26(38)35-10-11-36-39-15-16-4-3-5-16/h1-2,6-9,11-13,16H,3-5,10,14-15H2,(H,35,38)/b36-11-. The van der Waals surface area contributed by atoms with Gasteiger partial charge in [0.05, 0.1) is 28.5 Å². The number of carbonyl (C=O) groups is 1. The first-order valence-electron chi connectivity index (χ1n) is 12.5. The number of fused-ring (bicyclic) bond motifs is 1. The molecule has 0 radical (unpaired) electrons. The van der Waals surface area contributed by atoms with Crippen molar-refractivity contribution < 1.29 is 32.0 Å². The van der Waals surface area contributed by atoms with Crippen LogP contribution in [0, 0.1) is 11.7 Å². The van der Waals surface area contributed by atoms with Gasteiger partial charge in [0.2, 0.25) is 0 Å². The fourth-order valence-electron chi connectivity index (χ4n) is 4.72. The van der Waals surface area contributed by atoms with Gasteiger partial charge in [0.1, 0.15) is 6.61 Å². The zero-order chi connectivity index (χ0) is 28.5. The lowest BCUT2D eigenvalue weighted by Crippen LogP contribution is -2.42. The lowest BCUT2D eigenvalue weighted by molar-refractivity contribution is -0.275. The molecule has 3 aromatic rings. The first kappa shape index (κ1) is 28.2. The molecule has 1 atom stereocenters. The first-order valence-corrected chi connectivity index (χ1v) is 13.3. The molecule has 3 aromatic carbocycles. The molecule has 1 N–H and O–H groups in total. The number of carbonyl (C=O) groups excluding carboxylic acids is 1. The summed E-state index contributed by atoms with van der Waals surface area (Å²) in [4.78, 5) is 23.2. The summed E-state index contributed by atoms with van der Waals surface area (Å²) in [5, 5.41) is 10.3. The van der Waals surface area contributed by atoms with Crippen molar-refractivity contribution in [3.63, 3.8) is 0 Å². The molecule has 0 aromatic heterocycles. The molecule has 5 rings (SSSR count). The Balaban J connectivity index is 1.38. The molecule has 1 heterocycles. The summed E-state index contributed by atoms with van der Waals surface area (Å²) < 4.78 is 57.3. The topological polar surface area (TPSA) is 72.3 Å². The Hall–Kier alpha value is -3.37. The predicted molar refractivity (Wildman–Crippen MR) is 144 cm³/mol. The molecular weight excluding hydrogens is 573 g/mol. The molecule has 0 saturated heterocycles. The smallest absolute Gasteiger partial charge is 0.396 e. The van der Waals surface area contributed by atoms with Gasteiger partial charge in [-0.15, -0.1) is 0 Å². The van der Waals surface area contributed by atoms with E-state index >= 15 is 0 Å².